The molecule has 0 atom stereocenters. The third-order valence-corrected chi connectivity index (χ3v) is 10.5. The van der Waals surface area contributed by atoms with E-state index in [1.165, 1.54) is 24.9 Å². The lowest BCUT2D eigenvalue weighted by atomic mass is 10.1. The number of benzene rings is 4. The highest BCUT2D eigenvalue weighted by molar-refractivity contribution is 8.26. The predicted molar refractivity (Wildman–Crippen MR) is 231 cm³/mol. The number of hydrogen-bond acceptors (Lipinski definition) is 12. The molecule has 0 aliphatic carbocycles. The Hall–Kier alpha value is -5.67. The van der Waals surface area contributed by atoms with Crippen LogP contribution in [0.3, 0.4) is 0 Å². The molecule has 3 aliphatic heterocycles. The van der Waals surface area contributed by atoms with Gasteiger partial charge in [-0.3, -0.25) is 9.59 Å². The standard InChI is InChI=1S/C22H22N4OS.C20H18N2O4S2/c27-22-17(15-21(28)23-22)14-16-4-6-18(7-5-16)24-25-19-8-10-20(11-9-19)26-12-2-1-3-13-26;1-4-25-26-22-19(23)18(28-20(22)27)13-14-5-7-15(8-6-14)21(2)16-9-11-17(24-3)12-10-16/h4-11,14H,1-3,12-13,15H2,(H,23,27,28);4-13H,1H2,2-3H3/b17-14-,25-24?;18-13+. The van der Waals surface area contributed by atoms with Gasteiger partial charge in [0.1, 0.15) is 12.0 Å². The van der Waals surface area contributed by atoms with E-state index < -0.39 is 0 Å². The number of rotatable bonds is 11. The zero-order chi connectivity index (χ0) is 39.4. The van der Waals surface area contributed by atoms with E-state index in [0.29, 0.717) is 21.9 Å². The Kier molecular flexibility index (Phi) is 13.8. The number of ether oxygens (including phenoxy) is 1. The van der Waals surface area contributed by atoms with Gasteiger partial charge in [-0.2, -0.15) is 10.2 Å². The maximum atomic E-state index is 12.3. The number of nitrogens with one attached hydrogen (secondary N) is 1. The SMILES string of the molecule is C=COON1C(=O)/C(=C\c2ccc(N(C)c3ccc(OC)cc3)cc2)SC1=S.O=C1NC(=S)C/C1=C/c1ccc(N=Nc2ccc(N3CCCCC3)cc2)cc1. The molecule has 0 radical (unpaired) electrons. The van der Waals surface area contributed by atoms with Crippen LogP contribution < -0.4 is 19.9 Å². The van der Waals surface area contributed by atoms with Gasteiger partial charge in [0.05, 0.1) is 28.4 Å². The Morgan fingerprint density at radius 1 is 0.804 bits per heavy atom. The van der Waals surface area contributed by atoms with Crippen molar-refractivity contribution < 1.29 is 24.2 Å². The van der Waals surface area contributed by atoms with Crippen LogP contribution in [-0.4, -0.2) is 53.4 Å². The number of azo groups is 1. The van der Waals surface area contributed by atoms with Crippen molar-refractivity contribution >= 4 is 97.9 Å². The first-order chi connectivity index (χ1) is 27.2. The number of amides is 2. The summed E-state index contributed by atoms with van der Waals surface area (Å²) < 4.78 is 5.45. The van der Waals surface area contributed by atoms with Gasteiger partial charge in [-0.25, -0.2) is 0 Å². The highest BCUT2D eigenvalue weighted by Crippen LogP contribution is 2.34. The summed E-state index contributed by atoms with van der Waals surface area (Å²) >= 11 is 11.3. The Morgan fingerprint density at radius 2 is 1.38 bits per heavy atom. The molecule has 0 aromatic heterocycles. The van der Waals surface area contributed by atoms with E-state index in [4.69, 9.17) is 34.2 Å². The number of nitrogens with zero attached hydrogens (tertiary/aromatic N) is 5. The van der Waals surface area contributed by atoms with Gasteiger partial charge in [-0.05, 0) is 128 Å². The van der Waals surface area contributed by atoms with E-state index in [1.807, 2.05) is 98.1 Å². The molecule has 0 bridgehead atoms. The Bertz CT molecular complexity index is 2150. The highest BCUT2D eigenvalue weighted by Gasteiger charge is 2.34. The molecule has 2 amide bonds. The number of methoxy groups -OCH3 is 1. The van der Waals surface area contributed by atoms with Gasteiger partial charge in [0.25, 0.3) is 11.8 Å². The van der Waals surface area contributed by atoms with Gasteiger partial charge in [0, 0.05) is 49.2 Å². The average Bonchev–Trinajstić information content (AvgIpc) is 3.70. The van der Waals surface area contributed by atoms with Gasteiger partial charge < -0.3 is 24.7 Å². The zero-order valence-electron chi connectivity index (χ0n) is 30.9. The third kappa shape index (κ3) is 10.5. The van der Waals surface area contributed by atoms with Crippen molar-refractivity contribution in [2.45, 2.75) is 25.7 Å². The van der Waals surface area contributed by atoms with Crippen molar-refractivity contribution in [2.24, 2.45) is 10.2 Å². The molecule has 0 spiro atoms. The van der Waals surface area contributed by atoms with Gasteiger partial charge >= 0.3 is 0 Å². The van der Waals surface area contributed by atoms with Crippen molar-refractivity contribution in [3.8, 4) is 5.75 Å². The predicted octanol–water partition coefficient (Wildman–Crippen LogP) is 9.99. The smallest absolute Gasteiger partial charge is 0.293 e. The molecule has 3 saturated heterocycles. The van der Waals surface area contributed by atoms with Crippen LogP contribution in [0.5, 0.6) is 5.75 Å². The second-order valence-corrected chi connectivity index (χ2v) is 14.9. The summed E-state index contributed by atoms with van der Waals surface area (Å²) in [5.74, 6) is 0.324. The van der Waals surface area contributed by atoms with Gasteiger partial charge in [0.2, 0.25) is 0 Å². The van der Waals surface area contributed by atoms with Crippen LogP contribution in [0.15, 0.2) is 131 Å². The Morgan fingerprint density at radius 3 is 1.95 bits per heavy atom. The van der Waals surface area contributed by atoms with Crippen molar-refractivity contribution in [1.29, 1.82) is 0 Å². The summed E-state index contributed by atoms with van der Waals surface area (Å²) in [5, 5.41) is 12.2. The number of hydrogen-bond donors (Lipinski definition) is 1. The second-order valence-electron chi connectivity index (χ2n) is 12.7. The number of thioether (sulfide) groups is 1. The first kappa shape index (κ1) is 40.0. The summed E-state index contributed by atoms with van der Waals surface area (Å²) in [6.07, 6.45) is 9.06. The van der Waals surface area contributed by atoms with Crippen molar-refractivity contribution in [1.82, 2.24) is 10.4 Å². The minimum Gasteiger partial charge on any atom is -0.497 e. The summed E-state index contributed by atoms with van der Waals surface area (Å²) in [7, 11) is 3.63. The normalized spacial score (nSPS) is 17.0. The molecular formula is C42H40N6O5S3. The quantitative estimate of drug-likeness (QED) is 0.0393. The lowest BCUT2D eigenvalue weighted by molar-refractivity contribution is -0.350. The monoisotopic (exact) mass is 804 g/mol. The first-order valence-corrected chi connectivity index (χ1v) is 19.5. The van der Waals surface area contributed by atoms with Crippen LogP contribution >= 0.6 is 36.2 Å². The molecule has 1 N–H and O–H groups in total. The maximum Gasteiger partial charge on any atom is 0.293 e. The fraction of sp³-hybridized carbons (Fsp3) is 0.190. The van der Waals surface area contributed by atoms with Gasteiger partial charge in [-0.1, -0.05) is 59.8 Å². The summed E-state index contributed by atoms with van der Waals surface area (Å²) in [6.45, 7) is 5.62. The van der Waals surface area contributed by atoms with E-state index in [2.05, 4.69) is 48.9 Å². The molecule has 11 nitrogen and oxygen atoms in total. The molecule has 56 heavy (non-hydrogen) atoms. The van der Waals surface area contributed by atoms with E-state index in [1.54, 1.807) is 13.2 Å². The molecule has 3 aliphatic rings. The third-order valence-electron chi connectivity index (χ3n) is 8.96. The zero-order valence-corrected chi connectivity index (χ0v) is 33.4. The van der Waals surface area contributed by atoms with Gasteiger partial charge in [0.15, 0.2) is 4.32 Å². The van der Waals surface area contributed by atoms with E-state index in [9.17, 15) is 9.59 Å². The highest BCUT2D eigenvalue weighted by atomic mass is 32.2. The molecule has 14 heteroatoms. The molecule has 7 rings (SSSR count). The summed E-state index contributed by atoms with van der Waals surface area (Å²) in [4.78, 5) is 39.0. The number of hydroxylamine groups is 2. The van der Waals surface area contributed by atoms with Crippen LogP contribution in [0.2, 0.25) is 0 Å². The lowest BCUT2D eigenvalue weighted by Crippen LogP contribution is -2.29. The number of piperidine rings is 1. The Balaban J connectivity index is 0.000000190. The molecule has 4 aromatic rings. The fourth-order valence-corrected chi connectivity index (χ4v) is 7.33. The topological polar surface area (TPSA) is 108 Å². The van der Waals surface area contributed by atoms with Crippen LogP contribution in [0.1, 0.15) is 36.8 Å². The molecule has 286 valence electrons. The van der Waals surface area contributed by atoms with Crippen LogP contribution in [0.4, 0.5) is 28.4 Å². The number of thiocarbonyl (C=S) groups is 2. The van der Waals surface area contributed by atoms with Gasteiger partial charge in [-0.15, -0.1) is 5.06 Å². The average molecular weight is 805 g/mol. The van der Waals surface area contributed by atoms with Crippen LogP contribution in [0, 0.1) is 0 Å². The van der Waals surface area contributed by atoms with Crippen molar-refractivity contribution in [3.63, 3.8) is 0 Å². The van der Waals surface area contributed by atoms with Crippen molar-refractivity contribution in [3.05, 3.63) is 132 Å². The summed E-state index contributed by atoms with van der Waals surface area (Å²) in [5.41, 5.74) is 7.42. The molecular weight excluding hydrogens is 765 g/mol. The molecule has 4 aromatic carbocycles. The molecule has 3 fully saturated rings. The molecule has 3 heterocycles. The van der Waals surface area contributed by atoms with Crippen LogP contribution in [0.25, 0.3) is 12.2 Å². The second kappa shape index (κ2) is 19.3. The number of anilines is 3. The molecule has 0 unspecified atom stereocenters. The lowest BCUT2D eigenvalue weighted by Gasteiger charge is -2.28. The van der Waals surface area contributed by atoms with Crippen molar-refractivity contribution in [2.75, 3.05) is 37.0 Å². The summed E-state index contributed by atoms with van der Waals surface area (Å²) in [6, 6.07) is 31.5. The maximum absolute atomic E-state index is 12.3. The van der Waals surface area contributed by atoms with E-state index in [-0.39, 0.29) is 16.1 Å². The minimum absolute atomic E-state index is 0.109. The Labute approximate surface area is 341 Å². The van der Waals surface area contributed by atoms with E-state index in [0.717, 1.165) is 75.8 Å². The minimum atomic E-state index is -0.378. The fourth-order valence-electron chi connectivity index (χ4n) is 5.95. The first-order valence-electron chi connectivity index (χ1n) is 17.8. The van der Waals surface area contributed by atoms with Crippen LogP contribution in [-0.2, 0) is 19.5 Å². The number of carbonyl (C=O) groups excluding carboxylic acids is 2. The molecule has 0 saturated carbocycles. The largest absolute Gasteiger partial charge is 0.497 e. The number of carbonyl (C=O) groups is 2. The van der Waals surface area contributed by atoms with E-state index >= 15 is 0 Å².